The molecule has 2 nitrogen and oxygen atoms in total. The van der Waals surface area contributed by atoms with Crippen molar-refractivity contribution in [2.45, 2.75) is 12.8 Å². The van der Waals surface area contributed by atoms with Gasteiger partial charge in [0.25, 0.3) is 0 Å². The molecule has 9 aromatic carbocycles. The molecule has 0 radical (unpaired) electrons. The number of para-hydroxylation sites is 3. The SMILES string of the molecule is c1ccc(N(c2ccc(-c3ccc4c(c3)Cc3ccccc3-c3ccccc3Cc3ccccc3-4)cc2)c2ccc3c4ccccc4n(-c4ccccc4)c3c2)cc1. The lowest BCUT2D eigenvalue weighted by Gasteiger charge is -2.26. The molecule has 0 saturated heterocycles. The minimum atomic E-state index is 0.851. The van der Waals surface area contributed by atoms with Crippen LogP contribution in [0.2, 0.25) is 0 Å². The molecule has 0 spiro atoms. The highest BCUT2D eigenvalue weighted by Gasteiger charge is 2.20. The van der Waals surface area contributed by atoms with Gasteiger partial charge in [-0.15, -0.1) is 0 Å². The van der Waals surface area contributed by atoms with E-state index in [1.165, 1.54) is 77.4 Å². The van der Waals surface area contributed by atoms with Gasteiger partial charge in [0.05, 0.1) is 11.0 Å². The monoisotopic (exact) mass is 740 g/mol. The van der Waals surface area contributed by atoms with Crippen molar-refractivity contribution in [3.63, 3.8) is 0 Å². The van der Waals surface area contributed by atoms with Crippen molar-refractivity contribution in [1.29, 1.82) is 0 Å². The van der Waals surface area contributed by atoms with E-state index >= 15 is 0 Å². The van der Waals surface area contributed by atoms with Gasteiger partial charge in [-0.2, -0.15) is 0 Å². The summed E-state index contributed by atoms with van der Waals surface area (Å²) in [6, 6.07) is 80.0. The molecule has 2 heteroatoms. The van der Waals surface area contributed by atoms with Crippen molar-refractivity contribution in [3.05, 3.63) is 241 Å². The third-order valence-electron chi connectivity index (χ3n) is 11.9. The third-order valence-corrected chi connectivity index (χ3v) is 11.9. The second-order valence-electron chi connectivity index (χ2n) is 15.3. The van der Waals surface area contributed by atoms with E-state index in [9.17, 15) is 0 Å². The Morgan fingerprint density at radius 3 is 1.47 bits per heavy atom. The minimum Gasteiger partial charge on any atom is -0.310 e. The molecular formula is C56H40N2. The Hall–Kier alpha value is -7.42. The van der Waals surface area contributed by atoms with Crippen molar-refractivity contribution in [2.75, 3.05) is 4.90 Å². The fourth-order valence-electron chi connectivity index (χ4n) is 9.18. The van der Waals surface area contributed by atoms with E-state index in [0.717, 1.165) is 35.6 Å². The molecule has 11 rings (SSSR count). The molecule has 0 amide bonds. The third kappa shape index (κ3) is 5.90. The highest BCUT2D eigenvalue weighted by molar-refractivity contribution is 6.10. The zero-order valence-electron chi connectivity index (χ0n) is 32.1. The van der Waals surface area contributed by atoms with Gasteiger partial charge in [-0.05, 0) is 123 Å². The van der Waals surface area contributed by atoms with E-state index in [1.807, 2.05) is 0 Å². The molecule has 0 bridgehead atoms. The Morgan fingerprint density at radius 2 is 0.793 bits per heavy atom. The number of anilines is 3. The summed E-state index contributed by atoms with van der Waals surface area (Å²) in [4.78, 5) is 2.37. The Balaban J connectivity index is 1.02. The Bertz CT molecular complexity index is 3100. The lowest BCUT2D eigenvalue weighted by atomic mass is 9.83. The van der Waals surface area contributed by atoms with E-state index in [4.69, 9.17) is 0 Å². The van der Waals surface area contributed by atoms with Crippen LogP contribution < -0.4 is 4.90 Å². The second-order valence-corrected chi connectivity index (χ2v) is 15.3. The van der Waals surface area contributed by atoms with E-state index in [1.54, 1.807) is 0 Å². The van der Waals surface area contributed by atoms with E-state index in [-0.39, 0.29) is 0 Å². The molecule has 0 N–H and O–H groups in total. The first kappa shape index (κ1) is 33.9. The topological polar surface area (TPSA) is 8.17 Å². The lowest BCUT2D eigenvalue weighted by Crippen LogP contribution is -2.10. The van der Waals surface area contributed by atoms with Gasteiger partial charge in [0.1, 0.15) is 0 Å². The number of rotatable bonds is 5. The highest BCUT2D eigenvalue weighted by Crippen LogP contribution is 2.42. The number of hydrogen-bond donors (Lipinski definition) is 0. The normalized spacial score (nSPS) is 12.0. The van der Waals surface area contributed by atoms with Gasteiger partial charge in [0.2, 0.25) is 0 Å². The number of aromatic nitrogens is 1. The van der Waals surface area contributed by atoms with Crippen LogP contribution in [0.5, 0.6) is 0 Å². The largest absolute Gasteiger partial charge is 0.310 e. The van der Waals surface area contributed by atoms with Gasteiger partial charge < -0.3 is 9.47 Å². The first-order valence-corrected chi connectivity index (χ1v) is 20.2. The van der Waals surface area contributed by atoms with Crippen LogP contribution in [0.1, 0.15) is 22.3 Å². The summed E-state index contributed by atoms with van der Waals surface area (Å²) in [7, 11) is 0. The van der Waals surface area contributed by atoms with Crippen molar-refractivity contribution in [1.82, 2.24) is 4.57 Å². The number of hydrogen-bond acceptors (Lipinski definition) is 1. The summed E-state index contributed by atoms with van der Waals surface area (Å²) in [5.41, 5.74) is 20.0. The molecular weight excluding hydrogens is 701 g/mol. The molecule has 0 fully saturated rings. The first-order chi connectivity index (χ1) is 28.8. The van der Waals surface area contributed by atoms with E-state index in [0.29, 0.717) is 0 Å². The molecule has 0 unspecified atom stereocenters. The van der Waals surface area contributed by atoms with Crippen LogP contribution in [0, 0.1) is 0 Å². The fourth-order valence-corrected chi connectivity index (χ4v) is 9.18. The summed E-state index contributed by atoms with van der Waals surface area (Å²) in [5, 5.41) is 2.49. The number of nitrogens with zero attached hydrogens (tertiary/aromatic N) is 2. The van der Waals surface area contributed by atoms with Crippen molar-refractivity contribution in [2.24, 2.45) is 0 Å². The van der Waals surface area contributed by atoms with Crippen molar-refractivity contribution in [3.8, 4) is 39.1 Å². The van der Waals surface area contributed by atoms with E-state index < -0.39 is 0 Å². The molecule has 1 aromatic heterocycles. The summed E-state index contributed by atoms with van der Waals surface area (Å²) in [5.74, 6) is 0. The molecule has 1 aliphatic rings. The van der Waals surface area contributed by atoms with Gasteiger partial charge >= 0.3 is 0 Å². The average molecular weight is 741 g/mol. The minimum absolute atomic E-state index is 0.851. The average Bonchev–Trinajstić information content (AvgIpc) is 3.62. The van der Waals surface area contributed by atoms with Crippen LogP contribution in [-0.2, 0) is 12.8 Å². The molecule has 0 saturated carbocycles. The molecule has 0 aliphatic heterocycles. The van der Waals surface area contributed by atoms with Gasteiger partial charge in [-0.3, -0.25) is 0 Å². The van der Waals surface area contributed by atoms with Crippen molar-refractivity contribution >= 4 is 38.9 Å². The quantitative estimate of drug-likeness (QED) is 0.171. The highest BCUT2D eigenvalue weighted by atomic mass is 15.1. The molecule has 274 valence electrons. The Labute approximate surface area is 339 Å². The fraction of sp³-hybridized carbons (Fsp3) is 0.0357. The number of benzene rings is 9. The van der Waals surface area contributed by atoms with Gasteiger partial charge in [-0.1, -0.05) is 164 Å². The maximum atomic E-state index is 2.43. The van der Waals surface area contributed by atoms with Crippen LogP contribution >= 0.6 is 0 Å². The van der Waals surface area contributed by atoms with Crippen LogP contribution in [0.4, 0.5) is 17.1 Å². The summed E-state index contributed by atoms with van der Waals surface area (Å²) >= 11 is 0. The van der Waals surface area contributed by atoms with Crippen LogP contribution in [-0.4, -0.2) is 4.57 Å². The first-order valence-electron chi connectivity index (χ1n) is 20.2. The Morgan fingerprint density at radius 1 is 0.310 bits per heavy atom. The van der Waals surface area contributed by atoms with E-state index in [2.05, 4.69) is 228 Å². The smallest absolute Gasteiger partial charge is 0.0561 e. The molecule has 1 heterocycles. The predicted octanol–water partition coefficient (Wildman–Crippen LogP) is 14.7. The van der Waals surface area contributed by atoms with Crippen LogP contribution in [0.3, 0.4) is 0 Å². The molecule has 10 aromatic rings. The summed E-state index contributed by atoms with van der Waals surface area (Å²) < 4.78 is 2.39. The Kier molecular flexibility index (Phi) is 8.33. The van der Waals surface area contributed by atoms with Gasteiger partial charge in [-0.25, -0.2) is 0 Å². The summed E-state index contributed by atoms with van der Waals surface area (Å²) in [6.45, 7) is 0. The van der Waals surface area contributed by atoms with Gasteiger partial charge in [0.15, 0.2) is 0 Å². The summed E-state index contributed by atoms with van der Waals surface area (Å²) in [6.07, 6.45) is 1.74. The molecule has 1 aliphatic carbocycles. The van der Waals surface area contributed by atoms with Crippen molar-refractivity contribution < 1.29 is 0 Å². The maximum Gasteiger partial charge on any atom is 0.0561 e. The van der Waals surface area contributed by atoms with Crippen LogP contribution in [0.15, 0.2) is 218 Å². The second kappa shape index (κ2) is 14.3. The van der Waals surface area contributed by atoms with Gasteiger partial charge in [0, 0.05) is 33.5 Å². The molecule has 58 heavy (non-hydrogen) atoms. The zero-order chi connectivity index (χ0) is 38.4. The van der Waals surface area contributed by atoms with Crippen LogP contribution in [0.25, 0.3) is 60.9 Å². The lowest BCUT2D eigenvalue weighted by molar-refractivity contribution is 1.15. The predicted molar refractivity (Wildman–Crippen MR) is 244 cm³/mol. The standard InChI is InChI=1S/C56H40N2/c1-3-18-45(19-4-1)57(48-32-34-54-53-25-13-14-26-55(53)58(56(54)38-48)46-20-5-2-6-21-46)47-30-27-39(28-31-47)40-29-33-52-44(35-40)37-43-17-9-11-23-50(43)49-22-10-7-15-41(49)36-42-16-8-12-24-51(42)52/h1-35,38H,36-37H2. The number of fused-ring (bicyclic) bond motifs is 9. The zero-order valence-corrected chi connectivity index (χ0v) is 32.1. The maximum absolute atomic E-state index is 2.43. The molecule has 0 atom stereocenters.